The molecule has 0 spiro atoms. The van der Waals surface area contributed by atoms with E-state index in [4.69, 9.17) is 5.73 Å². The number of nitrogen functional groups attached to an aromatic ring is 1. The summed E-state index contributed by atoms with van der Waals surface area (Å²) in [5.74, 6) is 0.0926. The maximum Gasteiger partial charge on any atom is 0.283 e. The summed E-state index contributed by atoms with van der Waals surface area (Å²) in [6.07, 6.45) is 2.58. The van der Waals surface area contributed by atoms with Crippen LogP contribution in [0.1, 0.15) is 0 Å². The highest BCUT2D eigenvalue weighted by Gasteiger charge is 2.20. The zero-order valence-corrected chi connectivity index (χ0v) is 9.72. The number of sulfonamides is 1. The molecule has 0 aliphatic heterocycles. The Hall–Kier alpha value is -2.16. The van der Waals surface area contributed by atoms with E-state index in [9.17, 15) is 8.42 Å². The molecule has 2 heterocycles. The van der Waals surface area contributed by atoms with Crippen molar-refractivity contribution in [2.24, 2.45) is 7.05 Å². The number of nitrogens with zero attached hydrogens (tertiary/aromatic N) is 4. The molecular weight excluding hydrogens is 244 g/mol. The van der Waals surface area contributed by atoms with E-state index in [0.29, 0.717) is 0 Å². The fourth-order valence-corrected chi connectivity index (χ4v) is 2.28. The molecule has 0 saturated carbocycles. The number of aromatic nitrogens is 4. The normalized spacial score (nSPS) is 11.4. The summed E-state index contributed by atoms with van der Waals surface area (Å²) in [4.78, 5) is 7.48. The average Bonchev–Trinajstić information content (AvgIpc) is 2.64. The van der Waals surface area contributed by atoms with Gasteiger partial charge in [-0.2, -0.15) is 18.5 Å². The van der Waals surface area contributed by atoms with Crippen LogP contribution in [-0.2, 0) is 17.1 Å². The number of pyridine rings is 1. The van der Waals surface area contributed by atoms with Crippen molar-refractivity contribution in [2.45, 2.75) is 5.03 Å². The van der Waals surface area contributed by atoms with Gasteiger partial charge in [-0.05, 0) is 12.1 Å². The van der Waals surface area contributed by atoms with Crippen molar-refractivity contribution in [1.29, 1.82) is 0 Å². The molecule has 0 unspecified atom stereocenters. The molecule has 9 heteroatoms. The summed E-state index contributed by atoms with van der Waals surface area (Å²) in [6, 6.07) is 3.01. The first-order valence-electron chi connectivity index (χ1n) is 4.58. The first-order chi connectivity index (χ1) is 8.00. The molecule has 0 aliphatic carbocycles. The third-order valence-electron chi connectivity index (χ3n) is 1.99. The van der Waals surface area contributed by atoms with Crippen LogP contribution in [0, 0.1) is 0 Å². The molecule has 8 nitrogen and oxygen atoms in total. The topological polar surface area (TPSA) is 116 Å². The van der Waals surface area contributed by atoms with Crippen molar-refractivity contribution in [3.8, 4) is 0 Å². The second-order valence-electron chi connectivity index (χ2n) is 3.21. The molecular formula is C8H10N6O2S. The predicted molar refractivity (Wildman–Crippen MR) is 60.5 cm³/mol. The van der Waals surface area contributed by atoms with Gasteiger partial charge >= 0.3 is 0 Å². The Morgan fingerprint density at radius 1 is 1.41 bits per heavy atom. The van der Waals surface area contributed by atoms with Gasteiger partial charge in [-0.3, -0.25) is 0 Å². The molecule has 2 aromatic rings. The maximum absolute atomic E-state index is 11.9. The quantitative estimate of drug-likeness (QED) is 0.769. The lowest BCUT2D eigenvalue weighted by molar-refractivity contribution is 0.597. The van der Waals surface area contributed by atoms with Gasteiger partial charge in [0.15, 0.2) is 5.03 Å². The SMILES string of the molecule is Cn1ncnc1NS(=O)(=O)c1ncccc1N. The van der Waals surface area contributed by atoms with E-state index in [-0.39, 0.29) is 16.7 Å². The fraction of sp³-hybridized carbons (Fsp3) is 0.125. The van der Waals surface area contributed by atoms with Gasteiger partial charge in [0.25, 0.3) is 10.0 Å². The van der Waals surface area contributed by atoms with E-state index in [1.54, 1.807) is 13.1 Å². The zero-order chi connectivity index (χ0) is 12.5. The summed E-state index contributed by atoms with van der Waals surface area (Å²) < 4.78 is 27.4. The Morgan fingerprint density at radius 3 is 2.76 bits per heavy atom. The summed E-state index contributed by atoms with van der Waals surface area (Å²) in [5.41, 5.74) is 5.62. The predicted octanol–water partition coefficient (Wildman–Crippen LogP) is -0.407. The molecule has 0 saturated heterocycles. The van der Waals surface area contributed by atoms with Gasteiger partial charge in [-0.15, -0.1) is 0 Å². The number of hydrogen-bond donors (Lipinski definition) is 2. The van der Waals surface area contributed by atoms with Gasteiger partial charge in [-0.25, -0.2) is 14.4 Å². The standard InChI is InChI=1S/C8H10N6O2S/c1-14-8(11-5-12-14)13-17(15,16)7-6(9)3-2-4-10-7/h2-5H,9H2,1H3,(H,11,12,13). The number of aryl methyl sites for hydroxylation is 1. The van der Waals surface area contributed by atoms with Crippen LogP contribution in [0.3, 0.4) is 0 Å². The summed E-state index contributed by atoms with van der Waals surface area (Å²) >= 11 is 0. The van der Waals surface area contributed by atoms with Crippen LogP contribution in [0.25, 0.3) is 0 Å². The van der Waals surface area contributed by atoms with Gasteiger partial charge in [0.1, 0.15) is 6.33 Å². The molecule has 0 atom stereocenters. The second-order valence-corrected chi connectivity index (χ2v) is 4.81. The Labute approximate surface area is 97.6 Å². The monoisotopic (exact) mass is 254 g/mol. The third-order valence-corrected chi connectivity index (χ3v) is 3.29. The highest BCUT2D eigenvalue weighted by Crippen LogP contribution is 2.16. The second kappa shape index (κ2) is 4.01. The van der Waals surface area contributed by atoms with Gasteiger partial charge in [0.05, 0.1) is 5.69 Å². The third kappa shape index (κ3) is 2.18. The molecule has 17 heavy (non-hydrogen) atoms. The largest absolute Gasteiger partial charge is 0.396 e. The molecule has 2 aromatic heterocycles. The lowest BCUT2D eigenvalue weighted by Crippen LogP contribution is -2.18. The van der Waals surface area contributed by atoms with Crippen LogP contribution >= 0.6 is 0 Å². The molecule has 3 N–H and O–H groups in total. The van der Waals surface area contributed by atoms with Crippen LogP contribution in [0.15, 0.2) is 29.7 Å². The molecule has 0 fully saturated rings. The van der Waals surface area contributed by atoms with Crippen molar-refractivity contribution in [2.75, 3.05) is 10.5 Å². The lowest BCUT2D eigenvalue weighted by atomic mass is 10.4. The minimum atomic E-state index is -3.85. The van der Waals surface area contributed by atoms with Crippen molar-refractivity contribution in [3.63, 3.8) is 0 Å². The molecule has 0 amide bonds. The minimum absolute atomic E-state index is 0.0715. The summed E-state index contributed by atoms with van der Waals surface area (Å²) in [5, 5.41) is 3.51. The van der Waals surface area contributed by atoms with Crippen LogP contribution in [0.2, 0.25) is 0 Å². The fourth-order valence-electron chi connectivity index (χ4n) is 1.18. The van der Waals surface area contributed by atoms with Gasteiger partial charge in [0.2, 0.25) is 5.95 Å². The first kappa shape index (κ1) is 11.3. The van der Waals surface area contributed by atoms with E-state index >= 15 is 0 Å². The van der Waals surface area contributed by atoms with Crippen molar-refractivity contribution < 1.29 is 8.42 Å². The number of nitrogens with one attached hydrogen (secondary N) is 1. The smallest absolute Gasteiger partial charge is 0.283 e. The zero-order valence-electron chi connectivity index (χ0n) is 8.90. The van der Waals surface area contributed by atoms with Crippen molar-refractivity contribution in [1.82, 2.24) is 19.7 Å². The molecule has 0 bridgehead atoms. The average molecular weight is 254 g/mol. The Kier molecular flexibility index (Phi) is 2.68. The first-order valence-corrected chi connectivity index (χ1v) is 6.06. The molecule has 2 rings (SSSR count). The molecule has 0 aliphatic rings. The number of hydrogen-bond acceptors (Lipinski definition) is 6. The molecule has 0 radical (unpaired) electrons. The van der Waals surface area contributed by atoms with Crippen LogP contribution in [0.4, 0.5) is 11.6 Å². The highest BCUT2D eigenvalue weighted by molar-refractivity contribution is 7.92. The Balaban J connectivity index is 2.39. The Bertz CT molecular complexity index is 635. The number of nitrogens with two attached hydrogens (primary N) is 1. The van der Waals surface area contributed by atoms with Gasteiger partial charge in [0, 0.05) is 13.2 Å². The van der Waals surface area contributed by atoms with Gasteiger partial charge in [-0.1, -0.05) is 0 Å². The van der Waals surface area contributed by atoms with Crippen molar-refractivity contribution >= 4 is 21.7 Å². The van der Waals surface area contributed by atoms with E-state index in [0.717, 1.165) is 0 Å². The molecule has 0 aromatic carbocycles. The highest BCUT2D eigenvalue weighted by atomic mass is 32.2. The maximum atomic E-state index is 11.9. The van der Waals surface area contributed by atoms with E-state index in [1.165, 1.54) is 23.3 Å². The number of anilines is 2. The van der Waals surface area contributed by atoms with Crippen LogP contribution in [-0.4, -0.2) is 28.2 Å². The molecule has 90 valence electrons. The van der Waals surface area contributed by atoms with E-state index < -0.39 is 10.0 Å². The van der Waals surface area contributed by atoms with E-state index in [2.05, 4.69) is 19.8 Å². The lowest BCUT2D eigenvalue weighted by Gasteiger charge is -2.07. The summed E-state index contributed by atoms with van der Waals surface area (Å²) in [7, 11) is -2.28. The van der Waals surface area contributed by atoms with Crippen molar-refractivity contribution in [3.05, 3.63) is 24.7 Å². The minimum Gasteiger partial charge on any atom is -0.396 e. The van der Waals surface area contributed by atoms with Crippen LogP contribution in [0.5, 0.6) is 0 Å². The van der Waals surface area contributed by atoms with Gasteiger partial charge < -0.3 is 5.73 Å². The number of rotatable bonds is 3. The summed E-state index contributed by atoms with van der Waals surface area (Å²) in [6.45, 7) is 0. The van der Waals surface area contributed by atoms with Crippen LogP contribution < -0.4 is 10.5 Å². The van der Waals surface area contributed by atoms with E-state index in [1.807, 2.05) is 0 Å². The Morgan fingerprint density at radius 2 is 2.18 bits per heavy atom.